The van der Waals surface area contributed by atoms with Gasteiger partial charge in [-0.05, 0) is 56.9 Å². The number of nitro benzene ring substituents is 2. The fourth-order valence-corrected chi connectivity index (χ4v) is 4.54. The molecule has 0 spiro atoms. The van der Waals surface area contributed by atoms with Gasteiger partial charge in [0.25, 0.3) is 11.4 Å². The number of benzene rings is 2. The van der Waals surface area contributed by atoms with Crippen LogP contribution < -0.4 is 0 Å². The minimum Gasteiger partial charge on any atom is -0.477 e. The van der Waals surface area contributed by atoms with Crippen molar-refractivity contribution >= 4 is 45.1 Å². The number of carboxylic acids is 1. The van der Waals surface area contributed by atoms with Gasteiger partial charge in [-0.25, -0.2) is 9.59 Å². The number of hydrogen-bond acceptors (Lipinski definition) is 7. The predicted octanol–water partition coefficient (Wildman–Crippen LogP) is 7.06. The minimum atomic E-state index is -1.03. The highest BCUT2D eigenvalue weighted by molar-refractivity contribution is 5.97. The quantitative estimate of drug-likeness (QED) is 0.132. The van der Waals surface area contributed by atoms with Gasteiger partial charge in [-0.2, -0.15) is 0 Å². The van der Waals surface area contributed by atoms with Gasteiger partial charge in [0.15, 0.2) is 0 Å². The van der Waals surface area contributed by atoms with Crippen LogP contribution in [0, 0.1) is 32.1 Å². The van der Waals surface area contributed by atoms with E-state index in [9.17, 15) is 34.9 Å². The summed E-state index contributed by atoms with van der Waals surface area (Å²) in [5.74, 6) is -0.845. The monoisotopic (exact) mass is 580 g/mol. The van der Waals surface area contributed by atoms with Crippen LogP contribution in [0.15, 0.2) is 48.5 Å². The lowest BCUT2D eigenvalue weighted by molar-refractivity contribution is -0.384. The van der Waals surface area contributed by atoms with Crippen LogP contribution in [0.5, 0.6) is 0 Å². The zero-order chi connectivity index (χ0) is 31.5. The maximum absolute atomic E-state index is 12.5. The summed E-state index contributed by atoms with van der Waals surface area (Å²) in [5, 5.41) is 32.1. The van der Waals surface area contributed by atoms with E-state index < -0.39 is 27.4 Å². The first kappa shape index (κ1) is 31.8. The Morgan fingerprint density at radius 1 is 0.786 bits per heavy atom. The molecule has 12 nitrogen and oxygen atoms in total. The molecular formula is C30H36N4O8. The van der Waals surface area contributed by atoms with Gasteiger partial charge >= 0.3 is 11.9 Å². The number of rotatable bonds is 8. The molecule has 0 amide bonds. The number of carbonyl (C=O) groups is 2. The summed E-state index contributed by atoms with van der Waals surface area (Å²) in [6.07, 6.45) is 0. The van der Waals surface area contributed by atoms with Crippen LogP contribution in [0.3, 0.4) is 0 Å². The number of non-ortho nitro benzene ring substituents is 2. The summed E-state index contributed by atoms with van der Waals surface area (Å²) in [7, 11) is 0. The zero-order valence-electron chi connectivity index (χ0n) is 24.8. The summed E-state index contributed by atoms with van der Waals surface area (Å²) < 4.78 is 9.02. The number of nitrogens with zero attached hydrogens (tertiary/aromatic N) is 4. The van der Waals surface area contributed by atoms with E-state index in [1.54, 1.807) is 22.8 Å². The number of fused-ring (bicyclic) bond motifs is 2. The van der Waals surface area contributed by atoms with Crippen molar-refractivity contribution in [2.75, 3.05) is 0 Å². The zero-order valence-corrected chi connectivity index (χ0v) is 24.8. The van der Waals surface area contributed by atoms with Crippen molar-refractivity contribution in [2.45, 2.75) is 67.2 Å². The van der Waals surface area contributed by atoms with Crippen molar-refractivity contribution in [1.82, 2.24) is 9.13 Å². The lowest BCUT2D eigenvalue weighted by Gasteiger charge is -2.20. The molecule has 0 aliphatic heterocycles. The lowest BCUT2D eigenvalue weighted by Crippen LogP contribution is -2.25. The largest absolute Gasteiger partial charge is 0.477 e. The van der Waals surface area contributed by atoms with E-state index in [0.29, 0.717) is 41.0 Å². The second-order valence-electron chi connectivity index (χ2n) is 11.9. The summed E-state index contributed by atoms with van der Waals surface area (Å²) in [6, 6.07) is 12.2. The van der Waals surface area contributed by atoms with Gasteiger partial charge in [0.2, 0.25) is 0 Å². The van der Waals surface area contributed by atoms with Gasteiger partial charge in [-0.3, -0.25) is 20.2 Å². The van der Waals surface area contributed by atoms with Crippen molar-refractivity contribution in [3.8, 4) is 0 Å². The van der Waals surface area contributed by atoms with E-state index in [1.165, 1.54) is 30.3 Å². The SMILES string of the molecule is CC(C)Cn1c(C(=O)O)cc2cc([N+](=O)[O-])ccc21.CC(C)Cn1c(C(=O)OC(C)(C)C)cc2cc([N+](=O)[O-])ccc21. The molecule has 2 aromatic carbocycles. The van der Waals surface area contributed by atoms with Crippen molar-refractivity contribution in [3.63, 3.8) is 0 Å². The van der Waals surface area contributed by atoms with Crippen LogP contribution in [-0.2, 0) is 17.8 Å². The first-order valence-electron chi connectivity index (χ1n) is 13.5. The topological polar surface area (TPSA) is 160 Å². The third-order valence-electron chi connectivity index (χ3n) is 6.11. The van der Waals surface area contributed by atoms with Crippen molar-refractivity contribution in [2.24, 2.45) is 11.8 Å². The van der Waals surface area contributed by atoms with E-state index >= 15 is 0 Å². The van der Waals surface area contributed by atoms with E-state index in [4.69, 9.17) is 4.74 Å². The number of carbonyl (C=O) groups excluding carboxylic acids is 1. The Balaban J connectivity index is 0.000000235. The minimum absolute atomic E-state index is 0.00920. The number of nitro groups is 2. The van der Waals surface area contributed by atoms with Crippen LogP contribution >= 0.6 is 0 Å². The standard InChI is InChI=1S/C17H22N2O4.C13H14N2O4/c1-11(2)10-18-14-7-6-13(19(21)22)8-12(14)9-15(18)16(20)23-17(3,4)5;1-8(2)7-14-11-4-3-10(15(18)19)5-9(11)6-12(14)13(16)17/h6-9,11H,10H2,1-5H3;3-6,8H,7H2,1-2H3,(H,16,17). The molecule has 42 heavy (non-hydrogen) atoms. The third kappa shape index (κ3) is 7.50. The van der Waals surface area contributed by atoms with Crippen LogP contribution in [-0.4, -0.2) is 41.6 Å². The van der Waals surface area contributed by atoms with Gasteiger partial charge in [0.05, 0.1) is 9.85 Å². The number of carboxylic acid groups (broad SMARTS) is 1. The summed E-state index contributed by atoms with van der Waals surface area (Å²) in [4.78, 5) is 44.5. The molecule has 4 aromatic rings. The molecule has 2 heterocycles. The molecule has 0 unspecified atom stereocenters. The van der Waals surface area contributed by atoms with Crippen LogP contribution in [0.4, 0.5) is 11.4 Å². The Bertz CT molecular complexity index is 1660. The average Bonchev–Trinajstić information content (AvgIpc) is 3.40. The van der Waals surface area contributed by atoms with Gasteiger partial charge in [0.1, 0.15) is 17.0 Å². The fourth-order valence-electron chi connectivity index (χ4n) is 4.54. The molecule has 1 N–H and O–H groups in total. The van der Waals surface area contributed by atoms with Crippen LogP contribution in [0.25, 0.3) is 21.8 Å². The molecule has 0 atom stereocenters. The normalized spacial score (nSPS) is 11.5. The molecule has 224 valence electrons. The van der Waals surface area contributed by atoms with Crippen molar-refractivity contribution in [1.29, 1.82) is 0 Å². The van der Waals surface area contributed by atoms with Crippen molar-refractivity contribution < 1.29 is 29.3 Å². The van der Waals surface area contributed by atoms with Crippen LogP contribution in [0.1, 0.15) is 69.4 Å². The van der Waals surface area contributed by atoms with Crippen LogP contribution in [0.2, 0.25) is 0 Å². The first-order valence-corrected chi connectivity index (χ1v) is 13.5. The van der Waals surface area contributed by atoms with E-state index in [1.807, 2.05) is 39.2 Å². The van der Waals surface area contributed by atoms with E-state index in [2.05, 4.69) is 13.8 Å². The molecule has 0 saturated carbocycles. The molecular weight excluding hydrogens is 544 g/mol. The fraction of sp³-hybridized carbons (Fsp3) is 0.400. The van der Waals surface area contributed by atoms with E-state index in [-0.39, 0.29) is 23.0 Å². The van der Waals surface area contributed by atoms with Gasteiger partial charge in [0, 0.05) is 59.2 Å². The molecule has 0 aliphatic rings. The molecule has 12 heteroatoms. The highest BCUT2D eigenvalue weighted by Crippen LogP contribution is 2.28. The summed E-state index contributed by atoms with van der Waals surface area (Å²) >= 11 is 0. The average molecular weight is 581 g/mol. The van der Waals surface area contributed by atoms with Gasteiger partial charge in [-0.15, -0.1) is 0 Å². The maximum Gasteiger partial charge on any atom is 0.355 e. The predicted molar refractivity (Wildman–Crippen MR) is 159 cm³/mol. The van der Waals surface area contributed by atoms with Gasteiger partial charge < -0.3 is 19.0 Å². The second kappa shape index (κ2) is 12.4. The Labute approximate surface area is 242 Å². The molecule has 0 aliphatic carbocycles. The summed E-state index contributed by atoms with van der Waals surface area (Å²) in [6.45, 7) is 14.7. The number of esters is 1. The maximum atomic E-state index is 12.5. The number of hydrogen-bond donors (Lipinski definition) is 1. The van der Waals surface area contributed by atoms with E-state index in [0.717, 1.165) is 5.52 Å². The highest BCUT2D eigenvalue weighted by atomic mass is 16.6. The molecule has 0 fully saturated rings. The Morgan fingerprint density at radius 2 is 1.19 bits per heavy atom. The number of aromatic carboxylic acids is 1. The Hall–Kier alpha value is -4.74. The Morgan fingerprint density at radius 3 is 1.55 bits per heavy atom. The molecule has 2 aromatic heterocycles. The first-order chi connectivity index (χ1) is 19.5. The molecule has 0 bridgehead atoms. The van der Waals surface area contributed by atoms with Crippen molar-refractivity contribution in [3.05, 3.63) is 80.1 Å². The smallest absolute Gasteiger partial charge is 0.355 e. The highest BCUT2D eigenvalue weighted by Gasteiger charge is 2.24. The lowest BCUT2D eigenvalue weighted by atomic mass is 10.2. The summed E-state index contributed by atoms with van der Waals surface area (Å²) in [5.41, 5.74) is 1.46. The van der Waals surface area contributed by atoms with Gasteiger partial charge in [-0.1, -0.05) is 27.7 Å². The third-order valence-corrected chi connectivity index (χ3v) is 6.11. The second-order valence-corrected chi connectivity index (χ2v) is 11.9. The molecule has 0 saturated heterocycles. The molecule has 0 radical (unpaired) electrons. The number of ether oxygens (including phenoxy) is 1. The Kier molecular flexibility index (Phi) is 9.39. The molecule has 4 rings (SSSR count). The number of aromatic nitrogens is 2.